The monoisotopic (exact) mass is 376 g/mol. The van der Waals surface area contributed by atoms with Crippen molar-refractivity contribution in [3.8, 4) is 0 Å². The number of thiazole rings is 1. The fraction of sp³-hybridized carbons (Fsp3) is 0.125. The average Bonchev–Trinajstić information content (AvgIpc) is 2.96. The summed E-state index contributed by atoms with van der Waals surface area (Å²) < 4.78 is 23.8. The van der Waals surface area contributed by atoms with Crippen LogP contribution in [0.4, 0.5) is 10.5 Å². The summed E-state index contributed by atoms with van der Waals surface area (Å²) in [6.45, 7) is 0.347. The van der Waals surface area contributed by atoms with Crippen molar-refractivity contribution in [1.29, 1.82) is 0 Å². The van der Waals surface area contributed by atoms with Crippen molar-refractivity contribution in [3.05, 3.63) is 53.5 Å². The van der Waals surface area contributed by atoms with Gasteiger partial charge < -0.3 is 10.2 Å². The molecule has 0 aliphatic rings. The number of carbonyl (C=O) groups excluding carboxylic acids is 1. The molecule has 3 N–H and O–H groups in total. The third kappa shape index (κ3) is 4.13. The lowest BCUT2D eigenvalue weighted by atomic mass is 10.3. The summed E-state index contributed by atoms with van der Waals surface area (Å²) in [5.41, 5.74) is 1.25. The molecule has 9 heteroatoms. The Bertz CT molecular complexity index is 998. The Balaban J connectivity index is 1.70. The van der Waals surface area contributed by atoms with Gasteiger partial charge in [0, 0.05) is 12.7 Å². The zero-order valence-electron chi connectivity index (χ0n) is 13.3. The molecule has 130 valence electrons. The third-order valence-electron chi connectivity index (χ3n) is 3.47. The van der Waals surface area contributed by atoms with Crippen LogP contribution in [-0.4, -0.2) is 31.4 Å². The molecule has 25 heavy (non-hydrogen) atoms. The first-order valence-electron chi connectivity index (χ1n) is 7.32. The van der Waals surface area contributed by atoms with Crippen LogP contribution in [0.15, 0.2) is 53.4 Å². The summed E-state index contributed by atoms with van der Waals surface area (Å²) in [5, 5.41) is 8.57. The third-order valence-corrected chi connectivity index (χ3v) is 5.40. The van der Waals surface area contributed by atoms with E-state index in [1.165, 1.54) is 34.4 Å². The molecule has 3 aromatic rings. The Morgan fingerprint density at radius 2 is 2.00 bits per heavy atom. The fourth-order valence-electron chi connectivity index (χ4n) is 2.23. The number of amides is 2. The molecule has 0 radical (unpaired) electrons. The molecule has 2 aromatic carbocycles. The number of aromatic nitrogens is 1. The number of nitrogens with one attached hydrogen (secondary N) is 1. The number of hydrogen-bond acceptors (Lipinski definition) is 5. The molecule has 0 spiro atoms. The van der Waals surface area contributed by atoms with Crippen molar-refractivity contribution in [2.45, 2.75) is 11.4 Å². The minimum atomic E-state index is -3.82. The number of fused-ring (bicyclic) bond motifs is 1. The Labute approximate surface area is 149 Å². The zero-order chi connectivity index (χ0) is 18.0. The molecule has 0 atom stereocenters. The van der Waals surface area contributed by atoms with Gasteiger partial charge in [-0.3, -0.25) is 0 Å². The number of carbonyl (C=O) groups is 1. The summed E-state index contributed by atoms with van der Waals surface area (Å²) in [6.07, 6.45) is 0. The van der Waals surface area contributed by atoms with Crippen LogP contribution in [0.1, 0.15) is 5.01 Å². The van der Waals surface area contributed by atoms with Crippen LogP contribution in [-0.2, 0) is 16.6 Å². The first kappa shape index (κ1) is 17.3. The van der Waals surface area contributed by atoms with Crippen LogP contribution >= 0.6 is 11.3 Å². The minimum absolute atomic E-state index is 0.0564. The number of anilines is 1. The fourth-order valence-corrected chi connectivity index (χ4v) is 3.81. The number of primary sulfonamides is 1. The van der Waals surface area contributed by atoms with E-state index in [1.807, 2.05) is 24.3 Å². The van der Waals surface area contributed by atoms with Gasteiger partial charge in [-0.25, -0.2) is 23.3 Å². The number of sulfonamides is 1. The second-order valence-electron chi connectivity index (χ2n) is 5.43. The minimum Gasteiger partial charge on any atom is -0.321 e. The summed E-state index contributed by atoms with van der Waals surface area (Å²) in [6, 6.07) is 13.2. The maximum absolute atomic E-state index is 12.3. The number of nitrogens with two attached hydrogens (primary N) is 1. The van der Waals surface area contributed by atoms with Gasteiger partial charge in [0.05, 0.1) is 21.7 Å². The van der Waals surface area contributed by atoms with Gasteiger partial charge in [0.1, 0.15) is 5.01 Å². The van der Waals surface area contributed by atoms with E-state index in [1.54, 1.807) is 13.1 Å². The van der Waals surface area contributed by atoms with Gasteiger partial charge in [-0.2, -0.15) is 0 Å². The maximum Gasteiger partial charge on any atom is 0.321 e. The van der Waals surface area contributed by atoms with E-state index in [-0.39, 0.29) is 10.9 Å². The average molecular weight is 376 g/mol. The van der Waals surface area contributed by atoms with E-state index in [0.29, 0.717) is 12.2 Å². The second kappa shape index (κ2) is 6.79. The predicted octanol–water partition coefficient (Wildman–Crippen LogP) is 2.61. The first-order valence-corrected chi connectivity index (χ1v) is 9.68. The van der Waals surface area contributed by atoms with E-state index < -0.39 is 10.0 Å². The van der Waals surface area contributed by atoms with Crippen LogP contribution in [0.3, 0.4) is 0 Å². The molecule has 0 unspecified atom stereocenters. The molecule has 3 rings (SSSR count). The molecule has 0 aliphatic heterocycles. The van der Waals surface area contributed by atoms with Gasteiger partial charge in [-0.1, -0.05) is 18.2 Å². The number of urea groups is 1. The van der Waals surface area contributed by atoms with Crippen LogP contribution in [0.2, 0.25) is 0 Å². The molecule has 0 bridgehead atoms. The molecule has 1 heterocycles. The normalized spacial score (nSPS) is 11.4. The summed E-state index contributed by atoms with van der Waals surface area (Å²) in [5.74, 6) is 0. The lowest BCUT2D eigenvalue weighted by Crippen LogP contribution is -2.30. The highest BCUT2D eigenvalue weighted by Crippen LogP contribution is 2.22. The van der Waals surface area contributed by atoms with Gasteiger partial charge in [0.15, 0.2) is 0 Å². The largest absolute Gasteiger partial charge is 0.321 e. The van der Waals surface area contributed by atoms with E-state index in [9.17, 15) is 13.2 Å². The molecule has 0 saturated heterocycles. The van der Waals surface area contributed by atoms with Crippen molar-refractivity contribution in [1.82, 2.24) is 9.88 Å². The van der Waals surface area contributed by atoms with Crippen LogP contribution in [0.25, 0.3) is 10.2 Å². The van der Waals surface area contributed by atoms with E-state index in [0.717, 1.165) is 15.2 Å². The molecular weight excluding hydrogens is 360 g/mol. The highest BCUT2D eigenvalue weighted by atomic mass is 32.2. The summed E-state index contributed by atoms with van der Waals surface area (Å²) >= 11 is 1.53. The van der Waals surface area contributed by atoms with Crippen molar-refractivity contribution < 1.29 is 13.2 Å². The van der Waals surface area contributed by atoms with Crippen molar-refractivity contribution in [3.63, 3.8) is 0 Å². The molecule has 0 saturated carbocycles. The van der Waals surface area contributed by atoms with Crippen LogP contribution in [0, 0.1) is 0 Å². The highest BCUT2D eigenvalue weighted by molar-refractivity contribution is 7.89. The molecule has 2 amide bonds. The van der Waals surface area contributed by atoms with Crippen molar-refractivity contribution in [2.24, 2.45) is 5.14 Å². The quantitative estimate of drug-likeness (QED) is 0.730. The van der Waals surface area contributed by atoms with Gasteiger partial charge in [0.2, 0.25) is 10.0 Å². The number of benzene rings is 2. The van der Waals surface area contributed by atoms with Gasteiger partial charge in [-0.05, 0) is 30.3 Å². The standard InChI is InChI=1S/C16H16N4O3S2/c1-20(10-15-19-13-7-2-3-8-14(13)24-15)16(21)18-11-5-4-6-12(9-11)25(17,22)23/h2-9H,10H2,1H3,(H,18,21)(H2,17,22,23). The lowest BCUT2D eigenvalue weighted by Gasteiger charge is -2.16. The Morgan fingerprint density at radius 1 is 1.24 bits per heavy atom. The smallest absolute Gasteiger partial charge is 0.321 e. The van der Waals surface area contributed by atoms with Crippen LogP contribution in [0.5, 0.6) is 0 Å². The molecule has 0 fully saturated rings. The highest BCUT2D eigenvalue weighted by Gasteiger charge is 2.14. The molecule has 0 aliphatic carbocycles. The molecule has 7 nitrogen and oxygen atoms in total. The predicted molar refractivity (Wildman–Crippen MR) is 97.9 cm³/mol. The van der Waals surface area contributed by atoms with E-state index in [2.05, 4.69) is 10.3 Å². The van der Waals surface area contributed by atoms with E-state index in [4.69, 9.17) is 5.14 Å². The summed E-state index contributed by atoms with van der Waals surface area (Å²) in [4.78, 5) is 18.2. The zero-order valence-corrected chi connectivity index (χ0v) is 15.0. The van der Waals surface area contributed by atoms with Crippen LogP contribution < -0.4 is 10.5 Å². The number of hydrogen-bond donors (Lipinski definition) is 2. The topological polar surface area (TPSA) is 105 Å². The first-order chi connectivity index (χ1) is 11.8. The van der Waals surface area contributed by atoms with E-state index >= 15 is 0 Å². The SMILES string of the molecule is CN(Cc1nc2ccccc2s1)C(=O)Nc1cccc(S(N)(=O)=O)c1. The summed E-state index contributed by atoms with van der Waals surface area (Å²) in [7, 11) is -2.17. The lowest BCUT2D eigenvalue weighted by molar-refractivity contribution is 0.220. The Morgan fingerprint density at radius 3 is 2.72 bits per heavy atom. The maximum atomic E-state index is 12.3. The van der Waals surface area contributed by atoms with Crippen molar-refractivity contribution >= 4 is 43.3 Å². The second-order valence-corrected chi connectivity index (χ2v) is 8.11. The molecule has 1 aromatic heterocycles. The Kier molecular flexibility index (Phi) is 4.71. The number of para-hydroxylation sites is 1. The Hall–Kier alpha value is -2.49. The number of rotatable bonds is 4. The van der Waals surface area contributed by atoms with Crippen molar-refractivity contribution in [2.75, 3.05) is 12.4 Å². The van der Waals surface area contributed by atoms with Gasteiger partial charge in [0.25, 0.3) is 0 Å². The molecular formula is C16H16N4O3S2. The number of nitrogens with zero attached hydrogens (tertiary/aromatic N) is 2. The van der Waals surface area contributed by atoms with Gasteiger partial charge >= 0.3 is 6.03 Å². The van der Waals surface area contributed by atoms with Gasteiger partial charge in [-0.15, -0.1) is 11.3 Å².